The van der Waals surface area contributed by atoms with Crippen molar-refractivity contribution >= 4 is 16.0 Å². The summed E-state index contributed by atoms with van der Waals surface area (Å²) in [5.74, 6) is -1.72. The van der Waals surface area contributed by atoms with E-state index < -0.39 is 21.9 Å². The first-order chi connectivity index (χ1) is 9.31. The maximum atomic E-state index is 12.3. The third-order valence-electron chi connectivity index (χ3n) is 3.40. The van der Waals surface area contributed by atoms with Crippen LogP contribution in [0.25, 0.3) is 0 Å². The molecule has 0 aliphatic carbocycles. The highest BCUT2D eigenvalue weighted by Gasteiger charge is 2.35. The molecule has 110 valence electrons. The van der Waals surface area contributed by atoms with E-state index in [1.54, 1.807) is 24.3 Å². The van der Waals surface area contributed by atoms with Gasteiger partial charge >= 0.3 is 5.97 Å². The van der Waals surface area contributed by atoms with Gasteiger partial charge in [0, 0.05) is 13.1 Å². The molecule has 0 fully saturated rings. The van der Waals surface area contributed by atoms with Crippen molar-refractivity contribution in [1.29, 1.82) is 0 Å². The Hall–Kier alpha value is -1.40. The molecule has 0 aromatic heterocycles. The van der Waals surface area contributed by atoms with Crippen molar-refractivity contribution in [2.45, 2.75) is 26.3 Å². The summed E-state index contributed by atoms with van der Waals surface area (Å²) in [6, 6.07) is 7.15. The van der Waals surface area contributed by atoms with Gasteiger partial charge in [-0.1, -0.05) is 38.1 Å². The summed E-state index contributed by atoms with van der Waals surface area (Å²) in [6.45, 7) is 3.95. The molecule has 5 nitrogen and oxygen atoms in total. The molecule has 1 unspecified atom stereocenters. The Morgan fingerprint density at radius 3 is 2.65 bits per heavy atom. The van der Waals surface area contributed by atoms with E-state index in [4.69, 9.17) is 0 Å². The molecular formula is C14H19NO4S. The third kappa shape index (κ3) is 3.02. The molecule has 1 aromatic rings. The molecule has 0 amide bonds. The van der Waals surface area contributed by atoms with Gasteiger partial charge in [0.1, 0.15) is 0 Å². The monoisotopic (exact) mass is 297 g/mol. The van der Waals surface area contributed by atoms with Gasteiger partial charge in [0.2, 0.25) is 10.0 Å². The number of carboxylic acids is 1. The maximum absolute atomic E-state index is 12.3. The van der Waals surface area contributed by atoms with E-state index in [0.717, 1.165) is 11.1 Å². The smallest absolute Gasteiger partial charge is 0.312 e. The number of rotatable bonds is 4. The van der Waals surface area contributed by atoms with E-state index in [1.165, 1.54) is 4.31 Å². The molecule has 1 aliphatic heterocycles. The highest BCUT2D eigenvalue weighted by Crippen LogP contribution is 2.30. The number of nitrogens with zero attached hydrogens (tertiary/aromatic N) is 1. The third-order valence-corrected chi connectivity index (χ3v) is 5.55. The van der Waals surface area contributed by atoms with Gasteiger partial charge in [0.25, 0.3) is 0 Å². The minimum atomic E-state index is -3.42. The van der Waals surface area contributed by atoms with E-state index >= 15 is 0 Å². The second kappa shape index (κ2) is 5.54. The number of aliphatic carboxylic acids is 1. The lowest BCUT2D eigenvalue weighted by Gasteiger charge is -2.32. The first-order valence-corrected chi connectivity index (χ1v) is 8.20. The molecule has 1 heterocycles. The second-order valence-electron chi connectivity index (χ2n) is 5.55. The molecular weight excluding hydrogens is 278 g/mol. The zero-order valence-electron chi connectivity index (χ0n) is 11.6. The van der Waals surface area contributed by atoms with Crippen molar-refractivity contribution in [1.82, 2.24) is 4.31 Å². The predicted molar refractivity (Wildman–Crippen MR) is 75.9 cm³/mol. The summed E-state index contributed by atoms with van der Waals surface area (Å²) in [5.41, 5.74) is 1.49. The Kier molecular flexibility index (Phi) is 4.15. The molecule has 20 heavy (non-hydrogen) atoms. The average Bonchev–Trinajstić information content (AvgIpc) is 2.35. The van der Waals surface area contributed by atoms with Crippen molar-refractivity contribution in [3.05, 3.63) is 35.4 Å². The van der Waals surface area contributed by atoms with Gasteiger partial charge in [-0.25, -0.2) is 8.42 Å². The van der Waals surface area contributed by atoms with Gasteiger partial charge in [-0.2, -0.15) is 4.31 Å². The van der Waals surface area contributed by atoms with Crippen molar-refractivity contribution in [2.75, 3.05) is 12.3 Å². The minimum Gasteiger partial charge on any atom is -0.481 e. The van der Waals surface area contributed by atoms with Crippen LogP contribution in [-0.4, -0.2) is 36.1 Å². The summed E-state index contributed by atoms with van der Waals surface area (Å²) in [6.07, 6.45) is 0. The maximum Gasteiger partial charge on any atom is 0.312 e. The van der Waals surface area contributed by atoms with Crippen molar-refractivity contribution < 1.29 is 18.3 Å². The Morgan fingerprint density at radius 2 is 2.05 bits per heavy atom. The van der Waals surface area contributed by atoms with Gasteiger partial charge in [-0.3, -0.25) is 4.79 Å². The number of carboxylic acid groups (broad SMARTS) is 1. The van der Waals surface area contributed by atoms with E-state index in [-0.39, 0.29) is 24.8 Å². The van der Waals surface area contributed by atoms with Crippen LogP contribution in [-0.2, 0) is 21.4 Å². The molecule has 1 atom stereocenters. The van der Waals surface area contributed by atoms with Crippen molar-refractivity contribution in [3.63, 3.8) is 0 Å². The molecule has 0 radical (unpaired) electrons. The van der Waals surface area contributed by atoms with Gasteiger partial charge < -0.3 is 5.11 Å². The van der Waals surface area contributed by atoms with Crippen molar-refractivity contribution in [3.8, 4) is 0 Å². The fourth-order valence-corrected chi connectivity index (χ4v) is 4.29. The molecule has 0 bridgehead atoms. The lowest BCUT2D eigenvalue weighted by Crippen LogP contribution is -2.42. The van der Waals surface area contributed by atoms with Crippen LogP contribution < -0.4 is 0 Å². The first-order valence-electron chi connectivity index (χ1n) is 6.59. The summed E-state index contributed by atoms with van der Waals surface area (Å²) >= 11 is 0. The molecule has 2 rings (SSSR count). The van der Waals surface area contributed by atoms with Gasteiger partial charge in [-0.15, -0.1) is 0 Å². The molecule has 1 aliphatic rings. The van der Waals surface area contributed by atoms with Crippen LogP contribution in [0.1, 0.15) is 30.9 Å². The number of fused-ring (bicyclic) bond motifs is 1. The standard InChI is InChI=1S/C14H19NO4S/c1-10(2)9-20(18,19)15-7-11-5-3-4-6-12(11)13(8-15)14(16)17/h3-6,10,13H,7-9H2,1-2H3,(H,16,17). The van der Waals surface area contributed by atoms with E-state index in [0.29, 0.717) is 0 Å². The topological polar surface area (TPSA) is 74.7 Å². The SMILES string of the molecule is CC(C)CS(=O)(=O)N1Cc2ccccc2C(C(=O)O)C1. The van der Waals surface area contributed by atoms with Crippen LogP contribution in [0.3, 0.4) is 0 Å². The Labute approximate surface area is 119 Å². The summed E-state index contributed by atoms with van der Waals surface area (Å²) in [4.78, 5) is 11.4. The minimum absolute atomic E-state index is 0.0143. The fraction of sp³-hybridized carbons (Fsp3) is 0.500. The number of benzene rings is 1. The highest BCUT2D eigenvalue weighted by atomic mass is 32.2. The Bertz CT molecular complexity index is 609. The van der Waals surface area contributed by atoms with E-state index in [9.17, 15) is 18.3 Å². The summed E-state index contributed by atoms with van der Waals surface area (Å²) in [7, 11) is -3.42. The Morgan fingerprint density at radius 1 is 1.40 bits per heavy atom. The zero-order chi connectivity index (χ0) is 14.9. The van der Waals surface area contributed by atoms with Crippen LogP contribution in [0.15, 0.2) is 24.3 Å². The zero-order valence-corrected chi connectivity index (χ0v) is 12.4. The lowest BCUT2D eigenvalue weighted by atomic mass is 9.91. The molecule has 0 saturated heterocycles. The largest absolute Gasteiger partial charge is 0.481 e. The highest BCUT2D eigenvalue weighted by molar-refractivity contribution is 7.89. The van der Waals surface area contributed by atoms with Gasteiger partial charge in [-0.05, 0) is 17.0 Å². The van der Waals surface area contributed by atoms with Crippen LogP contribution in [0, 0.1) is 5.92 Å². The molecule has 0 spiro atoms. The average molecular weight is 297 g/mol. The molecule has 1 aromatic carbocycles. The fourth-order valence-electron chi connectivity index (χ4n) is 2.52. The van der Waals surface area contributed by atoms with E-state index in [1.807, 2.05) is 13.8 Å². The molecule has 0 saturated carbocycles. The summed E-state index contributed by atoms with van der Waals surface area (Å²) in [5, 5.41) is 9.33. The van der Waals surface area contributed by atoms with Crippen LogP contribution in [0.4, 0.5) is 0 Å². The van der Waals surface area contributed by atoms with Crippen LogP contribution >= 0.6 is 0 Å². The van der Waals surface area contributed by atoms with Gasteiger partial charge in [0.15, 0.2) is 0 Å². The second-order valence-corrected chi connectivity index (χ2v) is 7.57. The predicted octanol–water partition coefficient (Wildman–Crippen LogP) is 1.66. The molecule has 6 heteroatoms. The normalized spacial score (nSPS) is 19.9. The van der Waals surface area contributed by atoms with E-state index in [2.05, 4.69) is 0 Å². The first kappa shape index (κ1) is 15.0. The molecule has 1 N–H and O–H groups in total. The van der Waals surface area contributed by atoms with Crippen LogP contribution in [0.5, 0.6) is 0 Å². The lowest BCUT2D eigenvalue weighted by molar-refractivity contribution is -0.139. The Balaban J connectivity index is 2.36. The van der Waals surface area contributed by atoms with Crippen molar-refractivity contribution in [2.24, 2.45) is 5.92 Å². The number of hydrogen-bond donors (Lipinski definition) is 1. The number of sulfonamides is 1. The van der Waals surface area contributed by atoms with Crippen LogP contribution in [0.2, 0.25) is 0 Å². The number of carbonyl (C=O) groups is 1. The number of hydrogen-bond acceptors (Lipinski definition) is 3. The summed E-state index contributed by atoms with van der Waals surface area (Å²) < 4.78 is 25.9. The quantitative estimate of drug-likeness (QED) is 0.917. The van der Waals surface area contributed by atoms with Gasteiger partial charge in [0.05, 0.1) is 11.7 Å².